The molecule has 0 N–H and O–H groups in total. The first-order valence-corrected chi connectivity index (χ1v) is 9.87. The highest BCUT2D eigenvalue weighted by molar-refractivity contribution is 6.43. The maximum Gasteiger partial charge on any atom is 0.261 e. The second kappa shape index (κ2) is 8.92. The van der Waals surface area contributed by atoms with E-state index in [-0.39, 0.29) is 24.2 Å². The minimum absolute atomic E-state index is 0.0190. The third-order valence-corrected chi connectivity index (χ3v) is 5.65. The Balaban J connectivity index is 1.58. The fourth-order valence-electron chi connectivity index (χ4n) is 3.28. The van der Waals surface area contributed by atoms with Gasteiger partial charge in [-0.15, -0.1) is 5.10 Å². The molecule has 0 bridgehead atoms. The van der Waals surface area contributed by atoms with Crippen LogP contribution in [0.2, 0.25) is 10.0 Å². The molecular weight excluding hydrogens is 417 g/mol. The van der Waals surface area contributed by atoms with Crippen molar-refractivity contribution in [3.05, 3.63) is 40.0 Å². The number of halogens is 2. The molecule has 10 heteroatoms. The van der Waals surface area contributed by atoms with E-state index in [1.165, 1.54) is 16.7 Å². The molecule has 0 radical (unpaired) electrons. The van der Waals surface area contributed by atoms with Crippen LogP contribution in [-0.2, 0) is 11.8 Å². The van der Waals surface area contributed by atoms with Crippen molar-refractivity contribution in [3.63, 3.8) is 0 Å². The normalized spacial score (nSPS) is 14.1. The van der Waals surface area contributed by atoms with E-state index in [1.54, 1.807) is 31.3 Å². The number of aromatic nitrogens is 2. The van der Waals surface area contributed by atoms with Gasteiger partial charge in [-0.25, -0.2) is 0 Å². The first-order valence-electron chi connectivity index (χ1n) is 9.11. The van der Waals surface area contributed by atoms with Crippen LogP contribution in [-0.4, -0.2) is 78.3 Å². The number of methoxy groups -OCH3 is 1. The van der Waals surface area contributed by atoms with E-state index < -0.39 is 0 Å². The van der Waals surface area contributed by atoms with Crippen molar-refractivity contribution in [2.75, 3.05) is 51.8 Å². The van der Waals surface area contributed by atoms with Crippen LogP contribution in [0.15, 0.2) is 24.4 Å². The SMILES string of the molecule is COc1nn(C)cc1C(=O)N(C)CC(=O)N1CCN(c2cccc(Cl)c2Cl)CC1. The number of ether oxygens (including phenoxy) is 1. The van der Waals surface area contributed by atoms with Gasteiger partial charge in [-0.05, 0) is 12.1 Å². The quantitative estimate of drug-likeness (QED) is 0.713. The fraction of sp³-hybridized carbons (Fsp3) is 0.421. The number of hydrogen-bond acceptors (Lipinski definition) is 5. The van der Waals surface area contributed by atoms with Crippen LogP contribution in [0.25, 0.3) is 0 Å². The van der Waals surface area contributed by atoms with Gasteiger partial charge in [0.25, 0.3) is 5.91 Å². The van der Waals surface area contributed by atoms with Gasteiger partial charge in [0.2, 0.25) is 11.8 Å². The van der Waals surface area contributed by atoms with Gasteiger partial charge in [0.15, 0.2) is 0 Å². The average molecular weight is 440 g/mol. The Morgan fingerprint density at radius 3 is 2.55 bits per heavy atom. The van der Waals surface area contributed by atoms with Crippen LogP contribution in [0.4, 0.5) is 5.69 Å². The molecule has 8 nitrogen and oxygen atoms in total. The first-order chi connectivity index (χ1) is 13.8. The predicted octanol–water partition coefficient (Wildman–Crippen LogP) is 2.16. The van der Waals surface area contributed by atoms with E-state index in [4.69, 9.17) is 27.9 Å². The van der Waals surface area contributed by atoms with Crippen molar-refractivity contribution in [2.45, 2.75) is 0 Å². The Morgan fingerprint density at radius 2 is 1.90 bits per heavy atom. The smallest absolute Gasteiger partial charge is 0.261 e. The molecule has 0 unspecified atom stereocenters. The van der Waals surface area contributed by atoms with Crippen molar-refractivity contribution < 1.29 is 14.3 Å². The van der Waals surface area contributed by atoms with E-state index in [2.05, 4.69) is 10.00 Å². The second-order valence-corrected chi connectivity index (χ2v) is 7.61. The third kappa shape index (κ3) is 4.59. The Bertz CT molecular complexity index is 909. The molecule has 0 atom stereocenters. The number of anilines is 1. The Labute approximate surface area is 179 Å². The molecule has 1 saturated heterocycles. The summed E-state index contributed by atoms with van der Waals surface area (Å²) < 4.78 is 6.63. The van der Waals surface area contributed by atoms with Gasteiger partial charge in [-0.1, -0.05) is 29.3 Å². The number of benzene rings is 1. The van der Waals surface area contributed by atoms with Gasteiger partial charge in [0.05, 0.1) is 29.4 Å². The van der Waals surface area contributed by atoms with Crippen molar-refractivity contribution in [1.82, 2.24) is 19.6 Å². The summed E-state index contributed by atoms with van der Waals surface area (Å²) in [6.07, 6.45) is 1.58. The van der Waals surface area contributed by atoms with Crippen molar-refractivity contribution in [1.29, 1.82) is 0 Å². The topological polar surface area (TPSA) is 70.9 Å². The molecule has 3 rings (SSSR count). The zero-order valence-electron chi connectivity index (χ0n) is 16.6. The lowest BCUT2D eigenvalue weighted by Crippen LogP contribution is -2.51. The summed E-state index contributed by atoms with van der Waals surface area (Å²) in [5, 5.41) is 5.10. The van der Waals surface area contributed by atoms with E-state index in [0.29, 0.717) is 41.8 Å². The first kappa shape index (κ1) is 21.3. The highest BCUT2D eigenvalue weighted by Gasteiger charge is 2.26. The van der Waals surface area contributed by atoms with Crippen molar-refractivity contribution in [2.24, 2.45) is 7.05 Å². The largest absolute Gasteiger partial charge is 0.479 e. The van der Waals surface area contributed by atoms with Crippen LogP contribution in [0, 0.1) is 0 Å². The third-order valence-electron chi connectivity index (χ3n) is 4.84. The summed E-state index contributed by atoms with van der Waals surface area (Å²) in [5.41, 5.74) is 1.19. The number of rotatable bonds is 5. The predicted molar refractivity (Wildman–Crippen MR) is 112 cm³/mol. The Morgan fingerprint density at radius 1 is 1.21 bits per heavy atom. The van der Waals surface area contributed by atoms with Crippen molar-refractivity contribution in [3.8, 4) is 5.88 Å². The zero-order chi connectivity index (χ0) is 21.1. The molecule has 0 spiro atoms. The maximum absolute atomic E-state index is 12.7. The van der Waals surface area contributed by atoms with E-state index in [1.807, 2.05) is 12.1 Å². The summed E-state index contributed by atoms with van der Waals surface area (Å²) in [6.45, 7) is 2.34. The van der Waals surface area contributed by atoms with E-state index in [0.717, 1.165) is 5.69 Å². The number of nitrogens with zero attached hydrogens (tertiary/aromatic N) is 5. The van der Waals surface area contributed by atoms with Crippen LogP contribution >= 0.6 is 23.2 Å². The summed E-state index contributed by atoms with van der Waals surface area (Å²) >= 11 is 12.4. The molecule has 29 heavy (non-hydrogen) atoms. The Kier molecular flexibility index (Phi) is 6.54. The molecule has 1 aromatic carbocycles. The fourth-order valence-corrected chi connectivity index (χ4v) is 3.69. The van der Waals surface area contributed by atoms with Gasteiger partial charge in [0, 0.05) is 46.5 Å². The number of carbonyl (C=O) groups is 2. The van der Waals surface area contributed by atoms with Crippen LogP contribution in [0.5, 0.6) is 5.88 Å². The lowest BCUT2D eigenvalue weighted by molar-refractivity contribution is -0.131. The van der Waals surface area contributed by atoms with Gasteiger partial charge in [0.1, 0.15) is 5.56 Å². The molecule has 1 fully saturated rings. The standard InChI is InChI=1S/C19H23Cl2N5O3/c1-23(19(28)13-11-24(2)22-18(13)29-3)12-16(27)26-9-7-25(8-10-26)15-6-4-5-14(20)17(15)21/h4-6,11H,7-10,12H2,1-3H3. The Hall–Kier alpha value is -2.45. The van der Waals surface area contributed by atoms with Crippen LogP contribution < -0.4 is 9.64 Å². The number of piperazine rings is 1. The van der Waals surface area contributed by atoms with Gasteiger partial charge < -0.3 is 19.4 Å². The van der Waals surface area contributed by atoms with Gasteiger partial charge in [-0.3, -0.25) is 14.3 Å². The van der Waals surface area contributed by atoms with Gasteiger partial charge >= 0.3 is 0 Å². The highest BCUT2D eigenvalue weighted by atomic mass is 35.5. The summed E-state index contributed by atoms with van der Waals surface area (Å²) in [5.74, 6) is -0.183. The molecule has 0 saturated carbocycles. The van der Waals surface area contributed by atoms with Gasteiger partial charge in [-0.2, -0.15) is 0 Å². The zero-order valence-corrected chi connectivity index (χ0v) is 18.1. The van der Waals surface area contributed by atoms with Crippen molar-refractivity contribution >= 4 is 40.7 Å². The summed E-state index contributed by atoms with van der Waals surface area (Å²) in [4.78, 5) is 30.6. The molecule has 1 aromatic heterocycles. The molecular formula is C19H23Cl2N5O3. The molecule has 0 aliphatic carbocycles. The number of aryl methyl sites for hydroxylation is 1. The summed E-state index contributed by atoms with van der Waals surface area (Å²) in [7, 11) is 4.75. The lowest BCUT2D eigenvalue weighted by Gasteiger charge is -2.37. The summed E-state index contributed by atoms with van der Waals surface area (Å²) in [6, 6.07) is 5.52. The van der Waals surface area contributed by atoms with E-state index in [9.17, 15) is 9.59 Å². The van der Waals surface area contributed by atoms with Crippen LogP contribution in [0.3, 0.4) is 0 Å². The number of carbonyl (C=O) groups excluding carboxylic acids is 2. The molecule has 1 aliphatic heterocycles. The van der Waals surface area contributed by atoms with Crippen LogP contribution in [0.1, 0.15) is 10.4 Å². The monoisotopic (exact) mass is 439 g/mol. The van der Waals surface area contributed by atoms with E-state index >= 15 is 0 Å². The second-order valence-electron chi connectivity index (χ2n) is 6.83. The number of amides is 2. The average Bonchev–Trinajstić information content (AvgIpc) is 3.10. The minimum atomic E-state index is -0.312. The number of hydrogen-bond donors (Lipinski definition) is 0. The highest BCUT2D eigenvalue weighted by Crippen LogP contribution is 2.32. The molecule has 2 amide bonds. The maximum atomic E-state index is 12.7. The molecule has 1 aliphatic rings. The molecule has 2 heterocycles. The minimum Gasteiger partial charge on any atom is -0.479 e. The molecule has 156 valence electrons. The number of likely N-dealkylation sites (N-methyl/N-ethyl adjacent to an activating group) is 1. The molecule has 2 aromatic rings. The lowest BCUT2D eigenvalue weighted by atomic mass is 10.2.